The maximum absolute atomic E-state index is 13.5. The van der Waals surface area contributed by atoms with Gasteiger partial charge in [-0.3, -0.25) is 0 Å². The van der Waals surface area contributed by atoms with Crippen LogP contribution in [-0.4, -0.2) is 25.2 Å². The first-order valence-electron chi connectivity index (χ1n) is 5.93. The smallest absolute Gasteiger partial charge is 0.335 e. The van der Waals surface area contributed by atoms with Crippen LogP contribution in [0.3, 0.4) is 0 Å². The van der Waals surface area contributed by atoms with Crippen LogP contribution in [0.25, 0.3) is 0 Å². The van der Waals surface area contributed by atoms with E-state index in [1.807, 2.05) is 12.1 Å². The van der Waals surface area contributed by atoms with Gasteiger partial charge >= 0.3 is 5.97 Å². The van der Waals surface area contributed by atoms with Crippen molar-refractivity contribution in [1.29, 1.82) is 0 Å². The molecule has 0 atom stereocenters. The molecule has 0 saturated heterocycles. The van der Waals surface area contributed by atoms with Crippen LogP contribution in [0, 0.1) is 5.82 Å². The molecule has 0 fully saturated rings. The second-order valence-corrected chi connectivity index (χ2v) is 4.26. The van der Waals surface area contributed by atoms with Crippen LogP contribution in [0.4, 0.5) is 15.8 Å². The van der Waals surface area contributed by atoms with Crippen molar-refractivity contribution < 1.29 is 19.0 Å². The molecule has 2 aromatic carbocycles. The third kappa shape index (κ3) is 2.88. The van der Waals surface area contributed by atoms with E-state index in [9.17, 15) is 9.18 Å². The minimum absolute atomic E-state index is 0.0830. The van der Waals surface area contributed by atoms with Gasteiger partial charge in [0.25, 0.3) is 0 Å². The SMILES string of the molecule is COc1ccc(N(C)c2cc(F)cc(C(=O)O)c2)cc1. The van der Waals surface area contributed by atoms with E-state index in [4.69, 9.17) is 9.84 Å². The molecule has 1 N–H and O–H groups in total. The first-order valence-corrected chi connectivity index (χ1v) is 5.93. The quantitative estimate of drug-likeness (QED) is 0.930. The second-order valence-electron chi connectivity index (χ2n) is 4.26. The number of hydrogen-bond acceptors (Lipinski definition) is 3. The van der Waals surface area contributed by atoms with Crippen LogP contribution >= 0.6 is 0 Å². The summed E-state index contributed by atoms with van der Waals surface area (Å²) >= 11 is 0. The number of rotatable bonds is 4. The molecular weight excluding hydrogens is 261 g/mol. The zero-order valence-corrected chi connectivity index (χ0v) is 11.1. The van der Waals surface area contributed by atoms with Gasteiger partial charge in [0, 0.05) is 18.4 Å². The predicted molar refractivity (Wildman–Crippen MR) is 74.4 cm³/mol. The van der Waals surface area contributed by atoms with E-state index in [2.05, 4.69) is 0 Å². The van der Waals surface area contributed by atoms with Crippen molar-refractivity contribution in [2.75, 3.05) is 19.1 Å². The van der Waals surface area contributed by atoms with E-state index in [0.717, 1.165) is 11.8 Å². The van der Waals surface area contributed by atoms with Gasteiger partial charge in [0.2, 0.25) is 0 Å². The van der Waals surface area contributed by atoms with Crippen molar-refractivity contribution in [1.82, 2.24) is 0 Å². The summed E-state index contributed by atoms with van der Waals surface area (Å²) < 4.78 is 18.5. The Labute approximate surface area is 116 Å². The average Bonchev–Trinajstić information content (AvgIpc) is 2.46. The van der Waals surface area contributed by atoms with E-state index < -0.39 is 11.8 Å². The molecule has 0 aliphatic heterocycles. The first-order chi connectivity index (χ1) is 9.51. The van der Waals surface area contributed by atoms with Crippen molar-refractivity contribution in [2.24, 2.45) is 0 Å². The van der Waals surface area contributed by atoms with Gasteiger partial charge in [-0.05, 0) is 42.5 Å². The normalized spacial score (nSPS) is 10.2. The molecule has 20 heavy (non-hydrogen) atoms. The minimum Gasteiger partial charge on any atom is -0.497 e. The van der Waals surface area contributed by atoms with Crippen LogP contribution in [-0.2, 0) is 0 Å². The molecule has 2 rings (SSSR count). The van der Waals surface area contributed by atoms with E-state index in [1.54, 1.807) is 31.2 Å². The van der Waals surface area contributed by atoms with E-state index >= 15 is 0 Å². The van der Waals surface area contributed by atoms with E-state index in [1.165, 1.54) is 12.1 Å². The molecule has 0 radical (unpaired) electrons. The maximum Gasteiger partial charge on any atom is 0.335 e. The summed E-state index contributed by atoms with van der Waals surface area (Å²) in [5, 5.41) is 8.95. The Morgan fingerprint density at radius 3 is 2.35 bits per heavy atom. The molecule has 0 amide bonds. The Kier molecular flexibility index (Phi) is 3.89. The number of aromatic carboxylic acids is 1. The molecule has 0 spiro atoms. The summed E-state index contributed by atoms with van der Waals surface area (Å²) in [6.07, 6.45) is 0. The third-order valence-corrected chi connectivity index (χ3v) is 2.98. The summed E-state index contributed by atoms with van der Waals surface area (Å²) in [4.78, 5) is 12.6. The van der Waals surface area contributed by atoms with Gasteiger partial charge in [-0.15, -0.1) is 0 Å². The molecule has 0 aromatic heterocycles. The van der Waals surface area contributed by atoms with Gasteiger partial charge in [0.1, 0.15) is 11.6 Å². The number of methoxy groups -OCH3 is 1. The summed E-state index contributed by atoms with van der Waals surface area (Å²) in [5.41, 5.74) is 1.18. The average molecular weight is 275 g/mol. The topological polar surface area (TPSA) is 49.8 Å². The van der Waals surface area contributed by atoms with Crippen LogP contribution in [0.5, 0.6) is 5.75 Å². The van der Waals surface area contributed by atoms with Crippen molar-refractivity contribution in [3.05, 3.63) is 53.8 Å². The summed E-state index contributed by atoms with van der Waals surface area (Å²) in [7, 11) is 3.31. The second kappa shape index (κ2) is 5.61. The monoisotopic (exact) mass is 275 g/mol. The number of carbonyl (C=O) groups is 1. The van der Waals surface area contributed by atoms with Crippen LogP contribution in [0.2, 0.25) is 0 Å². The largest absolute Gasteiger partial charge is 0.497 e. The van der Waals surface area contributed by atoms with Crippen LogP contribution < -0.4 is 9.64 Å². The molecule has 104 valence electrons. The fraction of sp³-hybridized carbons (Fsp3) is 0.133. The Morgan fingerprint density at radius 2 is 1.80 bits per heavy atom. The zero-order chi connectivity index (χ0) is 14.7. The Balaban J connectivity index is 2.36. The van der Waals surface area contributed by atoms with Gasteiger partial charge in [-0.2, -0.15) is 0 Å². The predicted octanol–water partition coefficient (Wildman–Crippen LogP) is 3.30. The summed E-state index contributed by atoms with van der Waals surface area (Å²) in [6, 6.07) is 10.9. The summed E-state index contributed by atoms with van der Waals surface area (Å²) in [5.74, 6) is -1.03. The number of hydrogen-bond donors (Lipinski definition) is 1. The highest BCUT2D eigenvalue weighted by molar-refractivity contribution is 5.89. The highest BCUT2D eigenvalue weighted by Gasteiger charge is 2.11. The lowest BCUT2D eigenvalue weighted by atomic mass is 10.1. The van der Waals surface area contributed by atoms with Crippen molar-refractivity contribution in [2.45, 2.75) is 0 Å². The lowest BCUT2D eigenvalue weighted by molar-refractivity contribution is 0.0696. The van der Waals surface area contributed by atoms with E-state index in [-0.39, 0.29) is 5.56 Å². The number of halogens is 1. The minimum atomic E-state index is -1.16. The maximum atomic E-state index is 13.5. The molecule has 0 bridgehead atoms. The standard InChI is InChI=1S/C15H14FNO3/c1-17(12-3-5-14(20-2)6-4-12)13-8-10(15(18)19)7-11(16)9-13/h3-9H,1-2H3,(H,18,19). The van der Waals surface area contributed by atoms with Crippen molar-refractivity contribution >= 4 is 17.3 Å². The number of carboxylic acid groups (broad SMARTS) is 1. The highest BCUT2D eigenvalue weighted by atomic mass is 19.1. The lowest BCUT2D eigenvalue weighted by Crippen LogP contribution is -2.11. The molecular formula is C15H14FNO3. The number of carboxylic acids is 1. The van der Waals surface area contributed by atoms with Crippen molar-refractivity contribution in [3.63, 3.8) is 0 Å². The van der Waals surface area contributed by atoms with Gasteiger partial charge in [-0.1, -0.05) is 0 Å². The fourth-order valence-corrected chi connectivity index (χ4v) is 1.85. The molecule has 4 nitrogen and oxygen atoms in total. The van der Waals surface area contributed by atoms with Crippen LogP contribution in [0.1, 0.15) is 10.4 Å². The Morgan fingerprint density at radius 1 is 1.15 bits per heavy atom. The molecule has 0 unspecified atom stereocenters. The van der Waals surface area contributed by atoms with Crippen LogP contribution in [0.15, 0.2) is 42.5 Å². The molecule has 0 aliphatic carbocycles. The Hall–Kier alpha value is -2.56. The molecule has 0 aliphatic rings. The first kappa shape index (κ1) is 13.9. The molecule has 0 saturated carbocycles. The number of benzene rings is 2. The van der Waals surface area contributed by atoms with Gasteiger partial charge in [0.05, 0.1) is 12.7 Å². The highest BCUT2D eigenvalue weighted by Crippen LogP contribution is 2.27. The van der Waals surface area contributed by atoms with Crippen molar-refractivity contribution in [3.8, 4) is 5.75 Å². The van der Waals surface area contributed by atoms with Gasteiger partial charge in [0.15, 0.2) is 0 Å². The number of anilines is 2. The summed E-state index contributed by atoms with van der Waals surface area (Å²) in [6.45, 7) is 0. The third-order valence-electron chi connectivity index (χ3n) is 2.98. The van der Waals surface area contributed by atoms with Gasteiger partial charge in [-0.25, -0.2) is 9.18 Å². The molecule has 0 heterocycles. The lowest BCUT2D eigenvalue weighted by Gasteiger charge is -2.20. The number of ether oxygens (including phenoxy) is 1. The number of nitrogens with zero attached hydrogens (tertiary/aromatic N) is 1. The fourth-order valence-electron chi connectivity index (χ4n) is 1.85. The van der Waals surface area contributed by atoms with E-state index in [0.29, 0.717) is 11.4 Å². The van der Waals surface area contributed by atoms with Gasteiger partial charge < -0.3 is 14.7 Å². The molecule has 5 heteroatoms. The zero-order valence-electron chi connectivity index (χ0n) is 11.1. The molecule has 2 aromatic rings. The Bertz CT molecular complexity index is 626.